The lowest BCUT2D eigenvalue weighted by atomic mass is 9.81. The summed E-state index contributed by atoms with van der Waals surface area (Å²) < 4.78 is 18.1. The van der Waals surface area contributed by atoms with Crippen LogP contribution >= 0.6 is 0 Å². The minimum absolute atomic E-state index is 0.138. The van der Waals surface area contributed by atoms with Crippen LogP contribution in [0.4, 0.5) is 5.69 Å². The number of anilines is 1. The predicted octanol–water partition coefficient (Wildman–Crippen LogP) is 4.50. The van der Waals surface area contributed by atoms with Gasteiger partial charge in [-0.2, -0.15) is 0 Å². The molecule has 236 valence electrons. The number of benzene rings is 1. The Morgan fingerprint density at radius 3 is 2.44 bits per heavy atom. The van der Waals surface area contributed by atoms with Gasteiger partial charge < -0.3 is 29.4 Å². The standard InChI is InChI=1S/C34H50N4O5/c1-7-38(27-8-10-41-11-9-27)32-16-29(43-28-13-26(14-28)20-37-18-23(4)42-24(5)19-37)15-30(25(32)6)33(39)35-17-31-21(2)12-22(3)36-34(31)40/h12,15-16,23-24,26-28H,7-11,13-14,17-20H2,1-6H3,(H,35,39)(H,36,40)/t23-,24+,26-,28-. The maximum Gasteiger partial charge on any atom is 0.253 e. The molecule has 0 radical (unpaired) electrons. The van der Waals surface area contributed by atoms with E-state index in [1.165, 1.54) is 0 Å². The summed E-state index contributed by atoms with van der Waals surface area (Å²) in [5, 5.41) is 3.02. The summed E-state index contributed by atoms with van der Waals surface area (Å²) in [5.74, 6) is 1.15. The van der Waals surface area contributed by atoms with Crippen molar-refractivity contribution < 1.29 is 19.0 Å². The summed E-state index contributed by atoms with van der Waals surface area (Å²) in [4.78, 5) is 34.0. The van der Waals surface area contributed by atoms with E-state index in [4.69, 9.17) is 14.2 Å². The molecule has 0 spiro atoms. The average molecular weight is 595 g/mol. The summed E-state index contributed by atoms with van der Waals surface area (Å²) in [6.07, 6.45) is 4.63. The molecule has 9 heteroatoms. The summed E-state index contributed by atoms with van der Waals surface area (Å²) in [7, 11) is 0. The number of nitrogens with one attached hydrogen (secondary N) is 2. The molecule has 1 amide bonds. The van der Waals surface area contributed by atoms with Gasteiger partial charge in [0.15, 0.2) is 0 Å². The van der Waals surface area contributed by atoms with Crippen molar-refractivity contribution in [2.75, 3.05) is 44.3 Å². The maximum atomic E-state index is 13.7. The molecule has 43 heavy (non-hydrogen) atoms. The van der Waals surface area contributed by atoms with Gasteiger partial charge in [-0.25, -0.2) is 0 Å². The van der Waals surface area contributed by atoms with E-state index in [9.17, 15) is 9.59 Å². The van der Waals surface area contributed by atoms with Gasteiger partial charge in [0.05, 0.1) is 18.3 Å². The second kappa shape index (κ2) is 13.8. The molecule has 2 aliphatic heterocycles. The molecule has 3 heterocycles. The highest BCUT2D eigenvalue weighted by molar-refractivity contribution is 5.97. The molecule has 2 N–H and O–H groups in total. The Morgan fingerprint density at radius 2 is 1.79 bits per heavy atom. The second-order valence-electron chi connectivity index (χ2n) is 12.9. The van der Waals surface area contributed by atoms with Crippen molar-refractivity contribution >= 4 is 11.6 Å². The lowest BCUT2D eigenvalue weighted by Gasteiger charge is -2.42. The fourth-order valence-corrected chi connectivity index (χ4v) is 7.17. The van der Waals surface area contributed by atoms with Crippen LogP contribution < -0.4 is 20.5 Å². The number of nitrogens with zero attached hydrogens (tertiary/aromatic N) is 2. The Morgan fingerprint density at radius 1 is 1.09 bits per heavy atom. The highest BCUT2D eigenvalue weighted by Gasteiger charge is 2.34. The number of ether oxygens (including phenoxy) is 3. The van der Waals surface area contributed by atoms with Gasteiger partial charge in [0.25, 0.3) is 11.5 Å². The molecule has 9 nitrogen and oxygen atoms in total. The Balaban J connectivity index is 1.33. The summed E-state index contributed by atoms with van der Waals surface area (Å²) in [6, 6.07) is 6.29. The molecule has 2 atom stereocenters. The van der Waals surface area contributed by atoms with Crippen LogP contribution in [0.3, 0.4) is 0 Å². The number of H-pyrrole nitrogens is 1. The fourth-order valence-electron chi connectivity index (χ4n) is 7.17. The molecule has 1 saturated carbocycles. The molecule has 0 bridgehead atoms. The van der Waals surface area contributed by atoms with Gasteiger partial charge in [-0.05, 0) is 96.4 Å². The number of rotatable bonds is 10. The molecule has 5 rings (SSSR count). The van der Waals surface area contributed by atoms with E-state index in [2.05, 4.69) is 46.9 Å². The lowest BCUT2D eigenvalue weighted by molar-refractivity contribution is -0.0787. The monoisotopic (exact) mass is 594 g/mol. The van der Waals surface area contributed by atoms with Crippen LogP contribution in [0, 0.1) is 26.7 Å². The van der Waals surface area contributed by atoms with Crippen LogP contribution in [-0.4, -0.2) is 79.5 Å². The van der Waals surface area contributed by atoms with E-state index in [-0.39, 0.29) is 36.3 Å². The molecule has 1 aromatic carbocycles. The molecule has 2 saturated heterocycles. The predicted molar refractivity (Wildman–Crippen MR) is 169 cm³/mol. The average Bonchev–Trinajstić information content (AvgIpc) is 2.93. The zero-order chi connectivity index (χ0) is 30.7. The number of carbonyl (C=O) groups is 1. The first kappa shape index (κ1) is 31.5. The summed E-state index contributed by atoms with van der Waals surface area (Å²) in [5.41, 5.74) is 4.64. The van der Waals surface area contributed by atoms with Crippen LogP contribution in [0.2, 0.25) is 0 Å². The third-order valence-corrected chi connectivity index (χ3v) is 9.31. The van der Waals surface area contributed by atoms with E-state index >= 15 is 0 Å². The highest BCUT2D eigenvalue weighted by atomic mass is 16.5. The van der Waals surface area contributed by atoms with Crippen molar-refractivity contribution in [1.82, 2.24) is 15.2 Å². The van der Waals surface area contributed by atoms with Crippen molar-refractivity contribution in [3.05, 3.63) is 56.5 Å². The van der Waals surface area contributed by atoms with Crippen molar-refractivity contribution in [2.24, 2.45) is 5.92 Å². The number of hydrogen-bond donors (Lipinski definition) is 2. The molecular weight excluding hydrogens is 544 g/mol. The number of morpholine rings is 1. The van der Waals surface area contributed by atoms with Gasteiger partial charge in [0.1, 0.15) is 5.75 Å². The molecule has 3 aliphatic rings. The van der Waals surface area contributed by atoms with Crippen LogP contribution in [-0.2, 0) is 16.0 Å². The fraction of sp³-hybridized carbons (Fsp3) is 0.647. The first-order valence-corrected chi connectivity index (χ1v) is 16.1. The zero-order valence-electron chi connectivity index (χ0n) is 26.8. The van der Waals surface area contributed by atoms with E-state index in [0.29, 0.717) is 23.1 Å². The Hall–Kier alpha value is -2.88. The van der Waals surface area contributed by atoms with Crippen LogP contribution in [0.15, 0.2) is 23.0 Å². The number of aromatic amines is 1. The number of amides is 1. The number of hydrogen-bond acceptors (Lipinski definition) is 7. The van der Waals surface area contributed by atoms with E-state index in [1.807, 2.05) is 32.9 Å². The van der Waals surface area contributed by atoms with Crippen molar-refractivity contribution in [2.45, 2.75) is 98.1 Å². The first-order chi connectivity index (χ1) is 20.6. The minimum Gasteiger partial charge on any atom is -0.490 e. The van der Waals surface area contributed by atoms with Gasteiger partial charge in [-0.15, -0.1) is 0 Å². The van der Waals surface area contributed by atoms with Crippen molar-refractivity contribution in [3.8, 4) is 5.75 Å². The Kier molecular flexibility index (Phi) is 10.1. The van der Waals surface area contributed by atoms with Gasteiger partial charge in [-0.1, -0.05) is 0 Å². The van der Waals surface area contributed by atoms with Crippen molar-refractivity contribution in [1.29, 1.82) is 0 Å². The molecule has 1 aliphatic carbocycles. The van der Waals surface area contributed by atoms with Crippen LogP contribution in [0.25, 0.3) is 0 Å². The summed E-state index contributed by atoms with van der Waals surface area (Å²) >= 11 is 0. The van der Waals surface area contributed by atoms with E-state index in [0.717, 1.165) is 93.3 Å². The number of pyridine rings is 1. The molecule has 0 unspecified atom stereocenters. The van der Waals surface area contributed by atoms with Gasteiger partial charge in [0.2, 0.25) is 0 Å². The number of carbonyl (C=O) groups excluding carboxylic acids is 1. The third-order valence-electron chi connectivity index (χ3n) is 9.31. The second-order valence-corrected chi connectivity index (χ2v) is 12.9. The third kappa shape index (κ3) is 7.62. The van der Waals surface area contributed by atoms with Gasteiger partial charge in [-0.3, -0.25) is 14.5 Å². The zero-order valence-corrected chi connectivity index (χ0v) is 26.8. The van der Waals surface area contributed by atoms with E-state index in [1.54, 1.807) is 0 Å². The molecule has 1 aromatic heterocycles. The summed E-state index contributed by atoms with van der Waals surface area (Å²) in [6.45, 7) is 17.8. The van der Waals surface area contributed by atoms with Crippen LogP contribution in [0.1, 0.15) is 79.2 Å². The quantitative estimate of drug-likeness (QED) is 0.418. The number of aromatic nitrogens is 1. The molecule has 2 aromatic rings. The topological polar surface area (TPSA) is 96.1 Å². The SMILES string of the molecule is CCN(c1cc(O[C@H]2C[C@H](CN3C[C@@H](C)O[C@@H](C)C3)C2)cc(C(=O)NCc2c(C)cc(C)[nH]c2=O)c1C)C1CCOCC1. The van der Waals surface area contributed by atoms with E-state index < -0.39 is 0 Å². The van der Waals surface area contributed by atoms with Gasteiger partial charge in [0, 0.05) is 80.6 Å². The Bertz CT molecular complexity index is 1320. The molecular formula is C34H50N4O5. The maximum absolute atomic E-state index is 13.7. The minimum atomic E-state index is -0.200. The highest BCUT2D eigenvalue weighted by Crippen LogP contribution is 2.37. The van der Waals surface area contributed by atoms with Crippen molar-refractivity contribution in [3.63, 3.8) is 0 Å². The normalized spacial score (nSPS) is 24.8. The smallest absolute Gasteiger partial charge is 0.253 e. The lowest BCUT2D eigenvalue weighted by Crippen LogP contribution is -2.49. The molecule has 3 fully saturated rings. The number of aryl methyl sites for hydroxylation is 2. The Labute approximate surface area is 256 Å². The van der Waals surface area contributed by atoms with Crippen LogP contribution in [0.5, 0.6) is 5.75 Å². The first-order valence-electron chi connectivity index (χ1n) is 16.1. The van der Waals surface area contributed by atoms with Gasteiger partial charge >= 0.3 is 0 Å². The largest absolute Gasteiger partial charge is 0.490 e.